The molecule has 0 radical (unpaired) electrons. The van der Waals surface area contributed by atoms with E-state index in [1.165, 1.54) is 5.75 Å². The van der Waals surface area contributed by atoms with E-state index in [-0.39, 0.29) is 0 Å². The van der Waals surface area contributed by atoms with Crippen molar-refractivity contribution in [2.24, 2.45) is 11.3 Å². The van der Waals surface area contributed by atoms with Gasteiger partial charge in [0.05, 0.1) is 0 Å². The van der Waals surface area contributed by atoms with Gasteiger partial charge in [-0.3, -0.25) is 0 Å². The normalized spacial score (nSPS) is 36.3. The first-order valence-electron chi connectivity index (χ1n) is 4.00. The van der Waals surface area contributed by atoms with Gasteiger partial charge in [0.2, 0.25) is 0 Å². The first-order chi connectivity index (χ1) is 4.36. The summed E-state index contributed by atoms with van der Waals surface area (Å²) in [4.78, 5) is 0. The van der Waals surface area contributed by atoms with Gasteiger partial charge in [0.15, 0.2) is 0 Å². The fourth-order valence-electron chi connectivity index (χ4n) is 1.56. The summed E-state index contributed by atoms with van der Waals surface area (Å²) < 4.78 is 0.503. The molecular weight excluding hydrogens is 140 g/mol. The average Bonchev–Trinajstić information content (AvgIpc) is 1.95. The average molecular weight is 158 g/mol. The second-order valence-electron chi connectivity index (χ2n) is 4.60. The lowest BCUT2D eigenvalue weighted by Gasteiger charge is -2.30. The van der Waals surface area contributed by atoms with Gasteiger partial charge in [0, 0.05) is 4.75 Å². The molecular formula is C9H18S. The maximum absolute atomic E-state index is 2.38. The van der Waals surface area contributed by atoms with Crippen LogP contribution in [-0.2, 0) is 0 Å². The SMILES string of the molecule is CC1C(C)(C)CSC1(C)C. The minimum absolute atomic E-state index is 0.503. The van der Waals surface area contributed by atoms with Crippen molar-refractivity contribution in [1.82, 2.24) is 0 Å². The van der Waals surface area contributed by atoms with Crippen molar-refractivity contribution in [3.05, 3.63) is 0 Å². The third kappa shape index (κ3) is 1.20. The smallest absolute Gasteiger partial charge is 0.0134 e. The van der Waals surface area contributed by atoms with Gasteiger partial charge >= 0.3 is 0 Å². The molecule has 0 aliphatic carbocycles. The Bertz CT molecular complexity index is 120. The predicted molar refractivity (Wildman–Crippen MR) is 49.5 cm³/mol. The van der Waals surface area contributed by atoms with E-state index in [2.05, 4.69) is 46.4 Å². The van der Waals surface area contributed by atoms with Crippen LogP contribution in [-0.4, -0.2) is 10.5 Å². The largest absolute Gasteiger partial charge is 0.155 e. The molecule has 0 aromatic rings. The molecule has 1 aliphatic heterocycles. The summed E-state index contributed by atoms with van der Waals surface area (Å²) in [5.74, 6) is 2.16. The molecule has 1 saturated heterocycles. The standard InChI is InChI=1S/C9H18S/c1-7-8(2,3)6-10-9(7,4)5/h7H,6H2,1-5H3. The number of hydrogen-bond donors (Lipinski definition) is 0. The summed E-state index contributed by atoms with van der Waals surface area (Å²) in [5.41, 5.74) is 0.550. The maximum Gasteiger partial charge on any atom is 0.0134 e. The van der Waals surface area contributed by atoms with Crippen LogP contribution in [0.25, 0.3) is 0 Å². The second-order valence-corrected chi connectivity index (χ2v) is 6.23. The molecule has 0 saturated carbocycles. The van der Waals surface area contributed by atoms with Gasteiger partial charge in [-0.15, -0.1) is 0 Å². The molecule has 10 heavy (non-hydrogen) atoms. The van der Waals surface area contributed by atoms with Crippen LogP contribution >= 0.6 is 11.8 Å². The zero-order valence-electron chi connectivity index (χ0n) is 7.69. The lowest BCUT2D eigenvalue weighted by molar-refractivity contribution is 0.249. The lowest BCUT2D eigenvalue weighted by Crippen LogP contribution is -2.29. The van der Waals surface area contributed by atoms with Crippen LogP contribution in [0.1, 0.15) is 34.6 Å². The molecule has 1 heteroatoms. The van der Waals surface area contributed by atoms with Crippen LogP contribution in [0.3, 0.4) is 0 Å². The van der Waals surface area contributed by atoms with E-state index in [0.717, 1.165) is 5.92 Å². The molecule has 1 aliphatic rings. The maximum atomic E-state index is 2.38. The van der Waals surface area contributed by atoms with Crippen molar-refractivity contribution < 1.29 is 0 Å². The minimum Gasteiger partial charge on any atom is -0.155 e. The van der Waals surface area contributed by atoms with Gasteiger partial charge in [-0.25, -0.2) is 0 Å². The molecule has 0 amide bonds. The van der Waals surface area contributed by atoms with Gasteiger partial charge < -0.3 is 0 Å². The molecule has 0 spiro atoms. The highest BCUT2D eigenvalue weighted by molar-refractivity contribution is 8.00. The highest BCUT2D eigenvalue weighted by Gasteiger charge is 2.44. The first-order valence-corrected chi connectivity index (χ1v) is 4.99. The molecule has 0 nitrogen and oxygen atoms in total. The minimum atomic E-state index is 0.503. The van der Waals surface area contributed by atoms with Gasteiger partial charge in [-0.1, -0.05) is 34.6 Å². The Morgan fingerprint density at radius 3 is 1.80 bits per heavy atom. The lowest BCUT2D eigenvalue weighted by atomic mass is 9.76. The molecule has 60 valence electrons. The third-order valence-electron chi connectivity index (χ3n) is 3.03. The van der Waals surface area contributed by atoms with E-state index < -0.39 is 0 Å². The second kappa shape index (κ2) is 2.17. The summed E-state index contributed by atoms with van der Waals surface area (Å²) >= 11 is 2.11. The number of thioether (sulfide) groups is 1. The van der Waals surface area contributed by atoms with Gasteiger partial charge in [-0.05, 0) is 17.1 Å². The van der Waals surface area contributed by atoms with Crippen LogP contribution in [0, 0.1) is 11.3 Å². The third-order valence-corrected chi connectivity index (χ3v) is 5.02. The molecule has 1 unspecified atom stereocenters. The quantitative estimate of drug-likeness (QED) is 0.522. The van der Waals surface area contributed by atoms with Crippen LogP contribution < -0.4 is 0 Å². The molecule has 0 bridgehead atoms. The monoisotopic (exact) mass is 158 g/mol. The van der Waals surface area contributed by atoms with Crippen molar-refractivity contribution >= 4 is 11.8 Å². The molecule has 1 atom stereocenters. The summed E-state index contributed by atoms with van der Waals surface area (Å²) in [6.45, 7) is 11.8. The highest BCUT2D eigenvalue weighted by atomic mass is 32.2. The van der Waals surface area contributed by atoms with Crippen LogP contribution in [0.2, 0.25) is 0 Å². The van der Waals surface area contributed by atoms with Crippen molar-refractivity contribution in [3.63, 3.8) is 0 Å². The molecule has 0 aromatic carbocycles. The zero-order chi connectivity index (χ0) is 7.99. The zero-order valence-corrected chi connectivity index (χ0v) is 8.51. The van der Waals surface area contributed by atoms with Crippen molar-refractivity contribution in [3.8, 4) is 0 Å². The summed E-state index contributed by atoms with van der Waals surface area (Å²) in [7, 11) is 0. The first kappa shape index (κ1) is 8.45. The van der Waals surface area contributed by atoms with E-state index in [9.17, 15) is 0 Å². The Morgan fingerprint density at radius 2 is 1.70 bits per heavy atom. The Kier molecular flexibility index (Phi) is 1.83. The Hall–Kier alpha value is 0.350. The van der Waals surface area contributed by atoms with E-state index in [4.69, 9.17) is 0 Å². The van der Waals surface area contributed by atoms with E-state index in [1.54, 1.807) is 0 Å². The summed E-state index contributed by atoms with van der Waals surface area (Å²) in [6.07, 6.45) is 0. The molecule has 0 N–H and O–H groups in total. The predicted octanol–water partition coefficient (Wildman–Crippen LogP) is 3.17. The van der Waals surface area contributed by atoms with Gasteiger partial charge in [0.25, 0.3) is 0 Å². The van der Waals surface area contributed by atoms with Crippen molar-refractivity contribution in [2.45, 2.75) is 39.4 Å². The number of rotatable bonds is 0. The van der Waals surface area contributed by atoms with E-state index >= 15 is 0 Å². The Labute approximate surface area is 68.8 Å². The Morgan fingerprint density at radius 1 is 1.20 bits per heavy atom. The molecule has 1 heterocycles. The van der Waals surface area contributed by atoms with E-state index in [1.807, 2.05) is 0 Å². The Balaban J connectivity index is 2.77. The van der Waals surface area contributed by atoms with Crippen LogP contribution in [0.5, 0.6) is 0 Å². The highest BCUT2D eigenvalue weighted by Crippen LogP contribution is 2.52. The topological polar surface area (TPSA) is 0 Å². The molecule has 1 rings (SSSR count). The molecule has 0 aromatic heterocycles. The fourth-order valence-corrected chi connectivity index (χ4v) is 3.13. The van der Waals surface area contributed by atoms with Crippen LogP contribution in [0.4, 0.5) is 0 Å². The fraction of sp³-hybridized carbons (Fsp3) is 1.00. The van der Waals surface area contributed by atoms with Crippen molar-refractivity contribution in [2.75, 3.05) is 5.75 Å². The van der Waals surface area contributed by atoms with Gasteiger partial charge in [-0.2, -0.15) is 11.8 Å². The summed E-state index contributed by atoms with van der Waals surface area (Å²) in [5, 5.41) is 0. The van der Waals surface area contributed by atoms with Crippen molar-refractivity contribution in [1.29, 1.82) is 0 Å². The van der Waals surface area contributed by atoms with Gasteiger partial charge in [0.1, 0.15) is 0 Å². The van der Waals surface area contributed by atoms with E-state index in [0.29, 0.717) is 10.2 Å². The molecule has 1 fully saturated rings. The number of hydrogen-bond acceptors (Lipinski definition) is 1. The van der Waals surface area contributed by atoms with Crippen LogP contribution in [0.15, 0.2) is 0 Å². The summed E-state index contributed by atoms with van der Waals surface area (Å²) in [6, 6.07) is 0.